The Hall–Kier alpha value is -3.09. The van der Waals surface area contributed by atoms with Crippen molar-refractivity contribution in [2.45, 2.75) is 13.5 Å². The molecule has 0 atom stereocenters. The van der Waals surface area contributed by atoms with Gasteiger partial charge in [0, 0.05) is 19.5 Å². The van der Waals surface area contributed by atoms with Gasteiger partial charge in [0.1, 0.15) is 23.9 Å². The fourth-order valence-corrected chi connectivity index (χ4v) is 2.36. The first kappa shape index (κ1) is 19.2. The summed E-state index contributed by atoms with van der Waals surface area (Å²) in [4.78, 5) is 25.6. The van der Waals surface area contributed by atoms with Crippen molar-refractivity contribution in [2.75, 3.05) is 26.1 Å². The van der Waals surface area contributed by atoms with Crippen molar-refractivity contribution in [2.24, 2.45) is 0 Å². The van der Waals surface area contributed by atoms with Crippen LogP contribution in [0.3, 0.4) is 0 Å². The van der Waals surface area contributed by atoms with Crippen molar-refractivity contribution < 1.29 is 23.5 Å². The molecule has 0 saturated heterocycles. The highest BCUT2D eigenvalue weighted by Crippen LogP contribution is 2.28. The Morgan fingerprint density at radius 3 is 2.35 bits per heavy atom. The first-order valence-electron chi connectivity index (χ1n) is 7.94. The number of nitrogens with zero attached hydrogens (tertiary/aromatic N) is 1. The molecule has 7 heteroatoms. The lowest BCUT2D eigenvalue weighted by atomic mass is 10.2. The van der Waals surface area contributed by atoms with E-state index < -0.39 is 0 Å². The zero-order chi connectivity index (χ0) is 19.1. The Kier molecular flexibility index (Phi) is 6.54. The molecule has 0 aromatic heterocycles. The predicted octanol–water partition coefficient (Wildman–Crippen LogP) is 2.83. The third-order valence-electron chi connectivity index (χ3n) is 3.75. The summed E-state index contributed by atoms with van der Waals surface area (Å²) in [7, 11) is 3.02. The highest BCUT2D eigenvalue weighted by Gasteiger charge is 2.16. The quantitative estimate of drug-likeness (QED) is 0.824. The molecule has 2 rings (SSSR count). The van der Waals surface area contributed by atoms with Crippen LogP contribution >= 0.6 is 0 Å². The van der Waals surface area contributed by atoms with Gasteiger partial charge in [-0.1, -0.05) is 12.1 Å². The maximum absolute atomic E-state index is 13.0. The van der Waals surface area contributed by atoms with E-state index in [1.165, 1.54) is 38.2 Å². The number of amides is 2. The minimum atomic E-state index is -0.381. The van der Waals surface area contributed by atoms with E-state index in [1.807, 2.05) is 0 Å². The molecule has 138 valence electrons. The minimum absolute atomic E-state index is 0.146. The number of carbonyl (C=O) groups is 2. The second-order valence-corrected chi connectivity index (χ2v) is 5.62. The van der Waals surface area contributed by atoms with Crippen molar-refractivity contribution in [3.8, 4) is 11.5 Å². The predicted molar refractivity (Wildman–Crippen MR) is 95.7 cm³/mol. The van der Waals surface area contributed by atoms with Crippen LogP contribution < -0.4 is 14.8 Å². The summed E-state index contributed by atoms with van der Waals surface area (Å²) in [6, 6.07) is 10.8. The molecule has 2 aromatic rings. The van der Waals surface area contributed by atoms with E-state index in [0.29, 0.717) is 17.2 Å². The summed E-state index contributed by atoms with van der Waals surface area (Å²) in [6.07, 6.45) is 0. The molecule has 6 nitrogen and oxygen atoms in total. The van der Waals surface area contributed by atoms with E-state index >= 15 is 0 Å². The Morgan fingerprint density at radius 1 is 1.08 bits per heavy atom. The number of rotatable bonds is 7. The van der Waals surface area contributed by atoms with Crippen LogP contribution in [0.2, 0.25) is 0 Å². The largest absolute Gasteiger partial charge is 0.497 e. The Labute approximate surface area is 151 Å². The summed E-state index contributed by atoms with van der Waals surface area (Å²) < 4.78 is 23.4. The van der Waals surface area contributed by atoms with E-state index in [2.05, 4.69) is 5.32 Å². The first-order chi connectivity index (χ1) is 12.4. The lowest BCUT2D eigenvalue weighted by Gasteiger charge is -2.21. The van der Waals surface area contributed by atoms with Gasteiger partial charge >= 0.3 is 0 Å². The van der Waals surface area contributed by atoms with Crippen molar-refractivity contribution >= 4 is 17.5 Å². The van der Waals surface area contributed by atoms with Crippen LogP contribution in [-0.4, -0.2) is 37.5 Å². The van der Waals surface area contributed by atoms with Gasteiger partial charge in [-0.05, 0) is 29.8 Å². The van der Waals surface area contributed by atoms with Crippen molar-refractivity contribution in [1.82, 2.24) is 4.90 Å². The number of nitrogens with one attached hydrogen (secondary N) is 1. The average molecular weight is 360 g/mol. The van der Waals surface area contributed by atoms with E-state index in [0.717, 1.165) is 5.56 Å². The van der Waals surface area contributed by atoms with Crippen LogP contribution in [0.1, 0.15) is 12.5 Å². The fourth-order valence-electron chi connectivity index (χ4n) is 2.36. The number of benzene rings is 2. The lowest BCUT2D eigenvalue weighted by molar-refractivity contribution is -0.133. The fraction of sp³-hybridized carbons (Fsp3) is 0.263. The van der Waals surface area contributed by atoms with Crippen LogP contribution in [0.5, 0.6) is 11.5 Å². The van der Waals surface area contributed by atoms with Crippen molar-refractivity contribution in [1.29, 1.82) is 0 Å². The molecular weight excluding hydrogens is 339 g/mol. The Morgan fingerprint density at radius 2 is 1.77 bits per heavy atom. The second-order valence-electron chi connectivity index (χ2n) is 5.62. The van der Waals surface area contributed by atoms with E-state index in [9.17, 15) is 14.0 Å². The first-order valence-corrected chi connectivity index (χ1v) is 7.94. The van der Waals surface area contributed by atoms with Crippen LogP contribution in [0.4, 0.5) is 10.1 Å². The van der Waals surface area contributed by atoms with Gasteiger partial charge < -0.3 is 19.7 Å². The number of hydrogen-bond acceptors (Lipinski definition) is 4. The summed E-state index contributed by atoms with van der Waals surface area (Å²) in [5, 5.41) is 2.72. The molecule has 26 heavy (non-hydrogen) atoms. The summed E-state index contributed by atoms with van der Waals surface area (Å²) >= 11 is 0. The number of hydrogen-bond donors (Lipinski definition) is 1. The highest BCUT2D eigenvalue weighted by molar-refractivity contribution is 5.95. The highest BCUT2D eigenvalue weighted by atomic mass is 19.1. The maximum atomic E-state index is 13.0. The Bertz CT molecular complexity index is 778. The number of methoxy groups -OCH3 is 2. The van der Waals surface area contributed by atoms with Gasteiger partial charge in [0.25, 0.3) is 0 Å². The molecular formula is C19H21FN2O4. The second kappa shape index (κ2) is 8.84. The van der Waals surface area contributed by atoms with Gasteiger partial charge in [-0.3, -0.25) is 9.59 Å². The van der Waals surface area contributed by atoms with Gasteiger partial charge in [-0.25, -0.2) is 4.39 Å². The minimum Gasteiger partial charge on any atom is -0.497 e. The van der Waals surface area contributed by atoms with E-state index in [-0.39, 0.29) is 30.7 Å². The normalized spacial score (nSPS) is 10.2. The molecule has 2 amide bonds. The van der Waals surface area contributed by atoms with E-state index in [1.54, 1.807) is 30.3 Å². The molecule has 0 aliphatic rings. The van der Waals surface area contributed by atoms with Gasteiger partial charge in [-0.2, -0.15) is 0 Å². The summed E-state index contributed by atoms with van der Waals surface area (Å²) in [6.45, 7) is 1.44. The lowest BCUT2D eigenvalue weighted by Crippen LogP contribution is -2.36. The van der Waals surface area contributed by atoms with Gasteiger partial charge in [0.15, 0.2) is 0 Å². The molecule has 1 N–H and O–H groups in total. The summed E-state index contributed by atoms with van der Waals surface area (Å²) in [5.74, 6) is 0.0461. The number of ether oxygens (including phenoxy) is 2. The number of anilines is 1. The molecule has 0 unspecified atom stereocenters. The molecule has 0 fully saturated rings. The maximum Gasteiger partial charge on any atom is 0.244 e. The van der Waals surface area contributed by atoms with Crippen LogP contribution in [0.15, 0.2) is 42.5 Å². The molecule has 0 aliphatic heterocycles. The van der Waals surface area contributed by atoms with Gasteiger partial charge in [0.2, 0.25) is 11.8 Å². The smallest absolute Gasteiger partial charge is 0.244 e. The molecule has 0 bridgehead atoms. The van der Waals surface area contributed by atoms with Gasteiger partial charge in [0.05, 0.1) is 19.9 Å². The van der Waals surface area contributed by atoms with Crippen LogP contribution in [0, 0.1) is 5.82 Å². The molecule has 0 spiro atoms. The molecule has 0 radical (unpaired) electrons. The average Bonchev–Trinajstić information content (AvgIpc) is 2.62. The third-order valence-corrected chi connectivity index (χ3v) is 3.75. The molecule has 0 aliphatic carbocycles. The zero-order valence-electron chi connectivity index (χ0n) is 14.9. The van der Waals surface area contributed by atoms with E-state index in [4.69, 9.17) is 9.47 Å². The monoisotopic (exact) mass is 360 g/mol. The number of halogens is 1. The number of carbonyl (C=O) groups excluding carboxylic acids is 2. The van der Waals surface area contributed by atoms with Crippen LogP contribution in [0.25, 0.3) is 0 Å². The van der Waals surface area contributed by atoms with Crippen molar-refractivity contribution in [3.63, 3.8) is 0 Å². The van der Waals surface area contributed by atoms with Crippen molar-refractivity contribution in [3.05, 3.63) is 53.8 Å². The topological polar surface area (TPSA) is 67.9 Å². The van der Waals surface area contributed by atoms with Gasteiger partial charge in [-0.15, -0.1) is 0 Å². The SMILES string of the molecule is COc1ccc(OC)c(NC(=O)CN(Cc2ccc(F)cc2)C(C)=O)c1. The Balaban J connectivity index is 2.08. The zero-order valence-corrected chi connectivity index (χ0v) is 14.9. The summed E-state index contributed by atoms with van der Waals surface area (Å²) in [5.41, 5.74) is 1.18. The molecule has 0 heterocycles. The standard InChI is InChI=1S/C19H21FN2O4/c1-13(23)22(11-14-4-6-15(20)7-5-14)12-19(24)21-17-10-16(25-2)8-9-18(17)26-3/h4-10H,11-12H2,1-3H3,(H,21,24). The third kappa shape index (κ3) is 5.20. The molecule has 2 aromatic carbocycles. The van der Waals surface area contributed by atoms with Crippen LogP contribution in [-0.2, 0) is 16.1 Å². The molecule has 0 saturated carbocycles.